The molecule has 0 saturated heterocycles. The van der Waals surface area contributed by atoms with Crippen LogP contribution in [0.3, 0.4) is 0 Å². The molecule has 2 atom stereocenters. The van der Waals surface area contributed by atoms with Gasteiger partial charge in [-0.15, -0.1) is 0 Å². The first-order valence-corrected chi connectivity index (χ1v) is 7.20. The maximum atomic E-state index is 11.5. The summed E-state index contributed by atoms with van der Waals surface area (Å²) in [6.45, 7) is 3.51. The molecule has 1 fully saturated rings. The molecule has 2 N–H and O–H groups in total. The fourth-order valence-corrected chi connectivity index (χ4v) is 2.64. The van der Waals surface area contributed by atoms with E-state index in [9.17, 15) is 4.79 Å². The third-order valence-electron chi connectivity index (χ3n) is 3.81. The van der Waals surface area contributed by atoms with E-state index in [4.69, 9.17) is 15.2 Å². The summed E-state index contributed by atoms with van der Waals surface area (Å²) < 4.78 is 10.6. The second-order valence-electron chi connectivity index (χ2n) is 5.10. The monoisotopic (exact) mass is 278 g/mol. The summed E-state index contributed by atoms with van der Waals surface area (Å²) in [6.07, 6.45) is 5.08. The van der Waals surface area contributed by atoms with E-state index in [-0.39, 0.29) is 5.97 Å². The molecule has 1 aromatic heterocycles. The second kappa shape index (κ2) is 7.24. The molecule has 1 heterocycles. The van der Waals surface area contributed by atoms with Crippen LogP contribution >= 0.6 is 0 Å². The molecule has 0 aliphatic heterocycles. The van der Waals surface area contributed by atoms with Gasteiger partial charge < -0.3 is 15.2 Å². The topological polar surface area (TPSA) is 74.4 Å². The minimum absolute atomic E-state index is 0.356. The largest absolute Gasteiger partial charge is 0.477 e. The summed E-state index contributed by atoms with van der Waals surface area (Å²) in [4.78, 5) is 15.6. The first kappa shape index (κ1) is 14.8. The molecule has 0 bridgehead atoms. The highest BCUT2D eigenvalue weighted by Crippen LogP contribution is 2.31. The van der Waals surface area contributed by atoms with Crippen molar-refractivity contribution in [1.29, 1.82) is 0 Å². The van der Waals surface area contributed by atoms with E-state index in [1.807, 2.05) is 0 Å². The molecule has 110 valence electrons. The fourth-order valence-electron chi connectivity index (χ4n) is 2.64. The van der Waals surface area contributed by atoms with Gasteiger partial charge in [0.05, 0.1) is 18.8 Å². The van der Waals surface area contributed by atoms with E-state index in [1.165, 1.54) is 25.5 Å². The highest BCUT2D eigenvalue weighted by atomic mass is 16.5. The van der Waals surface area contributed by atoms with Crippen molar-refractivity contribution in [3.63, 3.8) is 0 Å². The van der Waals surface area contributed by atoms with Gasteiger partial charge in [0.2, 0.25) is 5.88 Å². The van der Waals surface area contributed by atoms with Crippen molar-refractivity contribution in [3.8, 4) is 5.88 Å². The second-order valence-corrected chi connectivity index (χ2v) is 5.10. The van der Waals surface area contributed by atoms with Crippen LogP contribution in [0.4, 0.5) is 0 Å². The Hall–Kier alpha value is -1.62. The van der Waals surface area contributed by atoms with Gasteiger partial charge in [-0.25, -0.2) is 9.78 Å². The molecule has 0 spiro atoms. The summed E-state index contributed by atoms with van der Waals surface area (Å²) in [5, 5.41) is 0. The highest BCUT2D eigenvalue weighted by Gasteiger charge is 2.26. The van der Waals surface area contributed by atoms with Crippen molar-refractivity contribution in [2.24, 2.45) is 17.6 Å². The van der Waals surface area contributed by atoms with Gasteiger partial charge in [0, 0.05) is 12.3 Å². The fraction of sp³-hybridized carbons (Fsp3) is 0.600. The molecular formula is C15H22N2O3. The zero-order valence-corrected chi connectivity index (χ0v) is 11.9. The minimum Gasteiger partial charge on any atom is -0.477 e. The molecule has 1 saturated carbocycles. The van der Waals surface area contributed by atoms with Crippen LogP contribution in [0.15, 0.2) is 18.3 Å². The molecule has 0 amide bonds. The first-order valence-electron chi connectivity index (χ1n) is 7.20. The number of nitrogens with zero attached hydrogens (tertiary/aromatic N) is 1. The van der Waals surface area contributed by atoms with Crippen LogP contribution in [0, 0.1) is 11.8 Å². The van der Waals surface area contributed by atoms with Crippen LogP contribution < -0.4 is 10.5 Å². The number of carbonyl (C=O) groups is 1. The Morgan fingerprint density at radius 1 is 1.40 bits per heavy atom. The van der Waals surface area contributed by atoms with Gasteiger partial charge in [0.25, 0.3) is 0 Å². The number of nitrogens with two attached hydrogens (primary N) is 1. The number of pyridine rings is 1. The Morgan fingerprint density at radius 2 is 2.20 bits per heavy atom. The number of ether oxygens (including phenoxy) is 2. The van der Waals surface area contributed by atoms with Crippen LogP contribution in [0.25, 0.3) is 0 Å². The molecule has 2 unspecified atom stereocenters. The lowest BCUT2D eigenvalue weighted by Crippen LogP contribution is -2.23. The molecule has 1 aliphatic carbocycles. The molecular weight excluding hydrogens is 256 g/mol. The van der Waals surface area contributed by atoms with Gasteiger partial charge in [-0.1, -0.05) is 6.42 Å². The Balaban J connectivity index is 1.86. The summed E-state index contributed by atoms with van der Waals surface area (Å²) >= 11 is 0. The van der Waals surface area contributed by atoms with E-state index >= 15 is 0 Å². The lowest BCUT2D eigenvalue weighted by molar-refractivity contribution is 0.0525. The molecule has 5 nitrogen and oxygen atoms in total. The van der Waals surface area contributed by atoms with Crippen molar-refractivity contribution in [2.45, 2.75) is 26.2 Å². The molecule has 20 heavy (non-hydrogen) atoms. The average molecular weight is 278 g/mol. The third kappa shape index (κ3) is 3.70. The van der Waals surface area contributed by atoms with Gasteiger partial charge in [-0.3, -0.25) is 0 Å². The lowest BCUT2D eigenvalue weighted by Gasteiger charge is -2.17. The molecule has 0 radical (unpaired) electrons. The number of esters is 1. The van der Waals surface area contributed by atoms with Crippen LogP contribution in [-0.2, 0) is 4.74 Å². The molecule has 5 heteroatoms. The Morgan fingerprint density at radius 3 is 2.85 bits per heavy atom. The van der Waals surface area contributed by atoms with Crippen molar-refractivity contribution < 1.29 is 14.3 Å². The highest BCUT2D eigenvalue weighted by molar-refractivity contribution is 5.89. The Kier molecular flexibility index (Phi) is 5.35. The number of carbonyl (C=O) groups excluding carboxylic acids is 1. The smallest absolute Gasteiger partial charge is 0.339 e. The number of aromatic nitrogens is 1. The van der Waals surface area contributed by atoms with Gasteiger partial charge >= 0.3 is 5.97 Å². The zero-order valence-electron chi connectivity index (χ0n) is 11.9. The summed E-state index contributed by atoms with van der Waals surface area (Å²) in [7, 11) is 0. The predicted molar refractivity (Wildman–Crippen MR) is 75.6 cm³/mol. The van der Waals surface area contributed by atoms with E-state index in [2.05, 4.69) is 4.98 Å². The van der Waals surface area contributed by atoms with Gasteiger partial charge in [-0.2, -0.15) is 0 Å². The zero-order chi connectivity index (χ0) is 14.4. The normalized spacial score (nSPS) is 21.7. The maximum Gasteiger partial charge on any atom is 0.339 e. The van der Waals surface area contributed by atoms with Crippen LogP contribution in [0.5, 0.6) is 5.88 Å². The summed E-state index contributed by atoms with van der Waals surface area (Å²) in [6, 6.07) is 3.38. The number of hydrogen-bond acceptors (Lipinski definition) is 5. The average Bonchev–Trinajstić information content (AvgIpc) is 2.93. The summed E-state index contributed by atoms with van der Waals surface area (Å²) in [5.41, 5.74) is 6.20. The third-order valence-corrected chi connectivity index (χ3v) is 3.81. The van der Waals surface area contributed by atoms with Crippen LogP contribution in [0.1, 0.15) is 36.5 Å². The molecule has 1 aliphatic rings. The Labute approximate surface area is 119 Å². The number of hydrogen-bond donors (Lipinski definition) is 1. The van der Waals surface area contributed by atoms with Crippen LogP contribution in [-0.4, -0.2) is 30.7 Å². The lowest BCUT2D eigenvalue weighted by atomic mass is 9.97. The number of rotatable bonds is 6. The maximum absolute atomic E-state index is 11.5. The summed E-state index contributed by atoms with van der Waals surface area (Å²) in [5.74, 6) is 1.27. The van der Waals surface area contributed by atoms with Gasteiger partial charge in [-0.05, 0) is 44.2 Å². The predicted octanol–water partition coefficient (Wildman–Crippen LogP) is 2.01. The molecule has 1 aromatic rings. The quantitative estimate of drug-likeness (QED) is 0.806. The van der Waals surface area contributed by atoms with E-state index in [1.54, 1.807) is 19.1 Å². The SMILES string of the molecule is CCOC(=O)c1ccc(OCC2CCCC2CN)nc1. The van der Waals surface area contributed by atoms with Gasteiger partial charge in [0.1, 0.15) is 0 Å². The molecule has 2 rings (SSSR count). The van der Waals surface area contributed by atoms with Crippen molar-refractivity contribution in [2.75, 3.05) is 19.8 Å². The van der Waals surface area contributed by atoms with Gasteiger partial charge in [0.15, 0.2) is 0 Å². The first-order chi connectivity index (χ1) is 9.74. The Bertz CT molecular complexity index is 433. The standard InChI is InChI=1S/C15H22N2O3/c1-2-19-15(18)12-6-7-14(17-9-12)20-10-13-5-3-4-11(13)8-16/h6-7,9,11,13H,2-5,8,10,16H2,1H3. The van der Waals surface area contributed by atoms with Crippen LogP contribution in [0.2, 0.25) is 0 Å². The minimum atomic E-state index is -0.356. The van der Waals surface area contributed by atoms with Crippen molar-refractivity contribution in [3.05, 3.63) is 23.9 Å². The van der Waals surface area contributed by atoms with Crippen molar-refractivity contribution >= 4 is 5.97 Å². The van der Waals surface area contributed by atoms with E-state index in [0.29, 0.717) is 36.5 Å². The van der Waals surface area contributed by atoms with E-state index in [0.717, 1.165) is 6.54 Å². The van der Waals surface area contributed by atoms with Crippen molar-refractivity contribution in [1.82, 2.24) is 4.98 Å². The van der Waals surface area contributed by atoms with E-state index < -0.39 is 0 Å². The molecule has 0 aromatic carbocycles.